The van der Waals surface area contributed by atoms with Crippen molar-refractivity contribution in [3.63, 3.8) is 0 Å². The molecule has 0 bridgehead atoms. The number of carbonyl (C=O) groups excluding carboxylic acids is 1. The number of nitrogens with one attached hydrogen (secondary N) is 1. The van der Waals surface area contributed by atoms with Gasteiger partial charge in [-0.3, -0.25) is 4.79 Å². The van der Waals surface area contributed by atoms with Crippen LogP contribution in [0.15, 0.2) is 59.3 Å². The van der Waals surface area contributed by atoms with Crippen LogP contribution in [0.4, 0.5) is 0 Å². The van der Waals surface area contributed by atoms with Crippen molar-refractivity contribution < 1.29 is 9.21 Å². The molecule has 0 aliphatic rings. The molecule has 1 aromatic carbocycles. The molecule has 1 amide bonds. The van der Waals surface area contributed by atoms with E-state index in [1.54, 1.807) is 12.5 Å². The first-order valence-corrected chi connectivity index (χ1v) is 9.54. The molecule has 28 heavy (non-hydrogen) atoms. The number of imidazole rings is 1. The van der Waals surface area contributed by atoms with Crippen LogP contribution in [-0.2, 0) is 11.3 Å². The zero-order valence-corrected chi connectivity index (χ0v) is 16.8. The summed E-state index contributed by atoms with van der Waals surface area (Å²) in [5, 5.41) is 0. The normalized spacial score (nSPS) is 12.3. The van der Waals surface area contributed by atoms with Crippen LogP contribution in [0, 0.1) is 6.92 Å². The van der Waals surface area contributed by atoms with E-state index in [1.165, 1.54) is 0 Å². The van der Waals surface area contributed by atoms with Crippen LogP contribution in [0.1, 0.15) is 35.2 Å². The van der Waals surface area contributed by atoms with Crippen molar-refractivity contribution in [2.24, 2.45) is 0 Å². The summed E-state index contributed by atoms with van der Waals surface area (Å²) < 4.78 is 5.66. The maximum absolute atomic E-state index is 13.3. The third-order valence-electron chi connectivity index (χ3n) is 4.75. The van der Waals surface area contributed by atoms with Crippen LogP contribution in [0.25, 0.3) is 0 Å². The highest BCUT2D eigenvalue weighted by Gasteiger charge is 2.24. The molecule has 0 radical (unpaired) electrons. The molecule has 0 saturated heterocycles. The van der Waals surface area contributed by atoms with Crippen molar-refractivity contribution >= 4 is 5.91 Å². The topological polar surface area (TPSA) is 65.4 Å². The average molecular weight is 380 g/mol. The molecular formula is C22H28N4O2. The van der Waals surface area contributed by atoms with Gasteiger partial charge in [-0.15, -0.1) is 0 Å². The Morgan fingerprint density at radius 2 is 1.93 bits per heavy atom. The number of amides is 1. The van der Waals surface area contributed by atoms with E-state index in [2.05, 4.69) is 14.9 Å². The van der Waals surface area contributed by atoms with Crippen LogP contribution < -0.4 is 0 Å². The smallest absolute Gasteiger partial charge is 0.224 e. The second-order valence-corrected chi connectivity index (χ2v) is 7.30. The van der Waals surface area contributed by atoms with Gasteiger partial charge in [0.2, 0.25) is 5.91 Å². The second kappa shape index (κ2) is 9.37. The number of likely N-dealkylation sites (N-methyl/N-ethyl adjacent to an activating group) is 1. The van der Waals surface area contributed by atoms with Crippen molar-refractivity contribution in [2.45, 2.75) is 25.8 Å². The average Bonchev–Trinajstić information content (AvgIpc) is 3.35. The fraction of sp³-hybridized carbons (Fsp3) is 0.364. The molecule has 2 heterocycles. The molecule has 0 saturated carbocycles. The summed E-state index contributed by atoms with van der Waals surface area (Å²) in [5.41, 5.74) is 2.02. The van der Waals surface area contributed by atoms with Gasteiger partial charge in [0, 0.05) is 19.5 Å². The van der Waals surface area contributed by atoms with Crippen LogP contribution in [0.2, 0.25) is 0 Å². The van der Waals surface area contributed by atoms with E-state index in [0.717, 1.165) is 29.4 Å². The number of carbonyl (C=O) groups is 1. The highest BCUT2D eigenvalue weighted by Crippen LogP contribution is 2.29. The van der Waals surface area contributed by atoms with Crippen molar-refractivity contribution in [1.82, 2.24) is 19.8 Å². The van der Waals surface area contributed by atoms with E-state index in [1.807, 2.05) is 68.4 Å². The van der Waals surface area contributed by atoms with Gasteiger partial charge in [0.25, 0.3) is 0 Å². The van der Waals surface area contributed by atoms with E-state index >= 15 is 0 Å². The van der Waals surface area contributed by atoms with E-state index in [0.29, 0.717) is 19.5 Å². The van der Waals surface area contributed by atoms with E-state index in [9.17, 15) is 4.79 Å². The number of hydrogen-bond acceptors (Lipinski definition) is 4. The van der Waals surface area contributed by atoms with Crippen LogP contribution >= 0.6 is 0 Å². The lowest BCUT2D eigenvalue weighted by atomic mass is 9.92. The molecule has 1 atom stereocenters. The van der Waals surface area contributed by atoms with Gasteiger partial charge in [-0.05, 0) is 38.7 Å². The Labute approximate surface area is 166 Å². The SMILES string of the molecule is Cc1ncc(CN(CCN(C)C)C(=O)CC(c2ccccc2)c2ccco2)[nH]1. The number of aromatic nitrogens is 2. The summed E-state index contributed by atoms with van der Waals surface area (Å²) in [4.78, 5) is 24.7. The minimum Gasteiger partial charge on any atom is -0.469 e. The number of H-pyrrole nitrogens is 1. The van der Waals surface area contributed by atoms with Crippen LogP contribution in [0.5, 0.6) is 0 Å². The summed E-state index contributed by atoms with van der Waals surface area (Å²) in [7, 11) is 4.03. The fourth-order valence-electron chi connectivity index (χ4n) is 3.23. The Kier molecular flexibility index (Phi) is 6.66. The van der Waals surface area contributed by atoms with Crippen molar-refractivity contribution in [3.05, 3.63) is 77.8 Å². The minimum atomic E-state index is -0.103. The number of hydrogen-bond donors (Lipinski definition) is 1. The van der Waals surface area contributed by atoms with Gasteiger partial charge in [-0.25, -0.2) is 4.98 Å². The Hall–Kier alpha value is -2.86. The maximum Gasteiger partial charge on any atom is 0.224 e. The Morgan fingerprint density at radius 3 is 2.54 bits per heavy atom. The van der Waals surface area contributed by atoms with Crippen molar-refractivity contribution in [1.29, 1.82) is 0 Å². The number of aromatic amines is 1. The molecule has 6 nitrogen and oxygen atoms in total. The highest BCUT2D eigenvalue weighted by molar-refractivity contribution is 5.77. The molecule has 0 fully saturated rings. The molecule has 0 spiro atoms. The first-order chi connectivity index (χ1) is 13.5. The van der Waals surface area contributed by atoms with Crippen molar-refractivity contribution in [2.75, 3.05) is 27.2 Å². The quantitative estimate of drug-likeness (QED) is 0.618. The first kappa shape index (κ1) is 19.9. The minimum absolute atomic E-state index is 0.0966. The summed E-state index contributed by atoms with van der Waals surface area (Å²) in [5.74, 6) is 1.66. The van der Waals surface area contributed by atoms with Gasteiger partial charge >= 0.3 is 0 Å². The molecule has 1 unspecified atom stereocenters. The van der Waals surface area contributed by atoms with Gasteiger partial charge in [0.05, 0.1) is 30.6 Å². The zero-order chi connectivity index (χ0) is 19.9. The summed E-state index contributed by atoms with van der Waals surface area (Å²) >= 11 is 0. The lowest BCUT2D eigenvalue weighted by Crippen LogP contribution is -2.37. The van der Waals surface area contributed by atoms with E-state index in [-0.39, 0.29) is 11.8 Å². The summed E-state index contributed by atoms with van der Waals surface area (Å²) in [6.45, 7) is 3.89. The lowest BCUT2D eigenvalue weighted by Gasteiger charge is -2.26. The maximum atomic E-state index is 13.3. The molecular weight excluding hydrogens is 352 g/mol. The molecule has 6 heteroatoms. The standard InChI is InChI=1S/C22H28N4O2/c1-17-23-15-19(24-17)16-26(12-11-25(2)3)22(27)14-20(21-10-7-13-28-21)18-8-5-4-6-9-18/h4-10,13,15,20H,11-12,14,16H2,1-3H3,(H,23,24). The number of benzene rings is 1. The molecule has 0 aliphatic carbocycles. The monoisotopic (exact) mass is 380 g/mol. The number of nitrogens with zero attached hydrogens (tertiary/aromatic N) is 3. The Bertz CT molecular complexity index is 856. The molecule has 1 N–H and O–H groups in total. The third-order valence-corrected chi connectivity index (χ3v) is 4.75. The highest BCUT2D eigenvalue weighted by atomic mass is 16.3. The molecule has 2 aromatic heterocycles. The zero-order valence-electron chi connectivity index (χ0n) is 16.8. The molecule has 3 rings (SSSR count). The van der Waals surface area contributed by atoms with Gasteiger partial charge in [-0.2, -0.15) is 0 Å². The van der Waals surface area contributed by atoms with Gasteiger partial charge in [0.15, 0.2) is 0 Å². The van der Waals surface area contributed by atoms with Gasteiger partial charge in [0.1, 0.15) is 11.6 Å². The molecule has 0 aliphatic heterocycles. The van der Waals surface area contributed by atoms with Gasteiger partial charge in [-0.1, -0.05) is 30.3 Å². The predicted octanol–water partition coefficient (Wildman–Crippen LogP) is 3.42. The van der Waals surface area contributed by atoms with Crippen molar-refractivity contribution in [3.8, 4) is 0 Å². The first-order valence-electron chi connectivity index (χ1n) is 9.54. The summed E-state index contributed by atoms with van der Waals surface area (Å²) in [6.07, 6.45) is 3.82. The molecule has 3 aromatic rings. The van der Waals surface area contributed by atoms with Gasteiger partial charge < -0.3 is 19.2 Å². The lowest BCUT2D eigenvalue weighted by molar-refractivity contribution is -0.132. The number of furan rings is 1. The predicted molar refractivity (Wildman–Crippen MR) is 109 cm³/mol. The van der Waals surface area contributed by atoms with Crippen LogP contribution in [0.3, 0.4) is 0 Å². The third kappa shape index (κ3) is 5.33. The number of aryl methyl sites for hydroxylation is 1. The van der Waals surface area contributed by atoms with Crippen LogP contribution in [-0.4, -0.2) is 52.9 Å². The largest absolute Gasteiger partial charge is 0.469 e. The summed E-state index contributed by atoms with van der Waals surface area (Å²) in [6, 6.07) is 13.9. The molecule has 148 valence electrons. The number of rotatable bonds is 9. The van der Waals surface area contributed by atoms with E-state index < -0.39 is 0 Å². The fourth-order valence-corrected chi connectivity index (χ4v) is 3.23. The second-order valence-electron chi connectivity index (χ2n) is 7.30. The Morgan fingerprint density at radius 1 is 1.14 bits per heavy atom. The van der Waals surface area contributed by atoms with E-state index in [4.69, 9.17) is 4.42 Å². The Balaban J connectivity index is 1.79.